The summed E-state index contributed by atoms with van der Waals surface area (Å²) >= 11 is 0. The molecule has 3 aromatic rings. The second-order valence-corrected chi connectivity index (χ2v) is 7.06. The molecule has 4 rings (SSSR count). The summed E-state index contributed by atoms with van der Waals surface area (Å²) in [7, 11) is 1.66. The first kappa shape index (κ1) is 20.2. The molecule has 28 heavy (non-hydrogen) atoms. The van der Waals surface area contributed by atoms with Crippen LogP contribution in [0, 0.1) is 11.8 Å². The highest BCUT2D eigenvalue weighted by molar-refractivity contribution is 5.93. The normalized spacial score (nSPS) is 14.8. The summed E-state index contributed by atoms with van der Waals surface area (Å²) in [5, 5.41) is 6.28. The van der Waals surface area contributed by atoms with E-state index in [-0.39, 0.29) is 24.2 Å². The lowest BCUT2D eigenvalue weighted by molar-refractivity contribution is -0.121. The van der Waals surface area contributed by atoms with Crippen molar-refractivity contribution in [3.63, 3.8) is 0 Å². The van der Waals surface area contributed by atoms with Crippen molar-refractivity contribution >= 4 is 35.3 Å². The van der Waals surface area contributed by atoms with E-state index >= 15 is 0 Å². The highest BCUT2D eigenvalue weighted by Gasteiger charge is 2.29. The first-order valence-corrected chi connectivity index (χ1v) is 9.25. The van der Waals surface area contributed by atoms with Gasteiger partial charge in [0.25, 0.3) is 0 Å². The molecule has 0 saturated carbocycles. The fourth-order valence-corrected chi connectivity index (χ4v) is 3.39. The van der Waals surface area contributed by atoms with Gasteiger partial charge in [0, 0.05) is 5.92 Å². The predicted molar refractivity (Wildman–Crippen MR) is 113 cm³/mol. The van der Waals surface area contributed by atoms with E-state index in [1.54, 1.807) is 7.11 Å². The van der Waals surface area contributed by atoms with E-state index in [0.717, 1.165) is 35.4 Å². The molecule has 0 spiro atoms. The Kier molecular flexibility index (Phi) is 6.21. The molecule has 7 heteroatoms. The molecule has 148 valence electrons. The van der Waals surface area contributed by atoms with Gasteiger partial charge in [-0.3, -0.25) is 10.1 Å². The highest BCUT2D eigenvalue weighted by atomic mass is 35.5. The Morgan fingerprint density at radius 3 is 2.79 bits per heavy atom. The monoisotopic (exact) mass is 400 g/mol. The van der Waals surface area contributed by atoms with Gasteiger partial charge < -0.3 is 14.6 Å². The molecule has 0 aliphatic carbocycles. The maximum Gasteiger partial charge on any atom is 0.229 e. The van der Waals surface area contributed by atoms with Crippen LogP contribution in [0.2, 0.25) is 0 Å². The van der Waals surface area contributed by atoms with E-state index in [2.05, 4.69) is 15.6 Å². The van der Waals surface area contributed by atoms with E-state index in [1.165, 1.54) is 0 Å². The molecule has 1 unspecified atom stereocenters. The van der Waals surface area contributed by atoms with Crippen molar-refractivity contribution in [3.8, 4) is 5.75 Å². The number of nitrogens with zero attached hydrogens (tertiary/aromatic N) is 2. The summed E-state index contributed by atoms with van der Waals surface area (Å²) in [6, 6.07) is 15.9. The average Bonchev–Trinajstić information content (AvgIpc) is 2.97. The fourth-order valence-electron chi connectivity index (χ4n) is 3.39. The number of carbonyl (C=O) groups excluding carboxylic acids is 1. The third-order valence-electron chi connectivity index (χ3n) is 5.30. The SMILES string of the molecule is COc1cccc(Cn2c(NC(=O)C(C)C3CNC3)nc3ccccc32)c1.Cl. The van der Waals surface area contributed by atoms with E-state index in [1.807, 2.05) is 60.0 Å². The Morgan fingerprint density at radius 2 is 2.07 bits per heavy atom. The van der Waals surface area contributed by atoms with Crippen molar-refractivity contribution in [2.24, 2.45) is 11.8 Å². The van der Waals surface area contributed by atoms with Gasteiger partial charge in [-0.05, 0) is 48.8 Å². The van der Waals surface area contributed by atoms with E-state index in [9.17, 15) is 4.79 Å². The van der Waals surface area contributed by atoms with Gasteiger partial charge in [-0.2, -0.15) is 0 Å². The molecule has 2 heterocycles. The van der Waals surface area contributed by atoms with Gasteiger partial charge in [-0.1, -0.05) is 31.2 Å². The van der Waals surface area contributed by atoms with E-state index in [0.29, 0.717) is 18.4 Å². The Bertz CT molecular complexity index is 968. The van der Waals surface area contributed by atoms with Gasteiger partial charge >= 0.3 is 0 Å². The van der Waals surface area contributed by atoms with Gasteiger partial charge in [0.2, 0.25) is 11.9 Å². The minimum absolute atomic E-state index is 0. The third-order valence-corrected chi connectivity index (χ3v) is 5.30. The maximum atomic E-state index is 12.7. The minimum atomic E-state index is -0.0451. The van der Waals surface area contributed by atoms with Crippen molar-refractivity contribution in [3.05, 3.63) is 54.1 Å². The molecule has 0 radical (unpaired) electrons. The first-order chi connectivity index (χ1) is 13.2. The van der Waals surface area contributed by atoms with Crippen LogP contribution in [-0.4, -0.2) is 35.7 Å². The first-order valence-electron chi connectivity index (χ1n) is 9.25. The largest absolute Gasteiger partial charge is 0.497 e. The van der Waals surface area contributed by atoms with Crippen molar-refractivity contribution in [2.75, 3.05) is 25.5 Å². The molecule has 2 N–H and O–H groups in total. The van der Waals surface area contributed by atoms with E-state index < -0.39 is 0 Å². The molecular formula is C21H25ClN4O2. The molecule has 1 atom stereocenters. The lowest BCUT2D eigenvalue weighted by Crippen LogP contribution is -2.48. The number of ether oxygens (including phenoxy) is 1. The van der Waals surface area contributed by atoms with Crippen molar-refractivity contribution in [1.29, 1.82) is 0 Å². The maximum absolute atomic E-state index is 12.7. The number of methoxy groups -OCH3 is 1. The van der Waals surface area contributed by atoms with Crippen molar-refractivity contribution in [1.82, 2.24) is 14.9 Å². The van der Waals surface area contributed by atoms with Crippen LogP contribution in [0.5, 0.6) is 5.75 Å². The van der Waals surface area contributed by atoms with Crippen LogP contribution in [0.15, 0.2) is 48.5 Å². The second kappa shape index (κ2) is 8.63. The van der Waals surface area contributed by atoms with Gasteiger partial charge in [0.15, 0.2) is 0 Å². The number of rotatable bonds is 6. The number of fused-ring (bicyclic) bond motifs is 1. The number of nitrogens with one attached hydrogen (secondary N) is 2. The summed E-state index contributed by atoms with van der Waals surface area (Å²) in [6.45, 7) is 4.38. The molecule has 1 aromatic heterocycles. The lowest BCUT2D eigenvalue weighted by Gasteiger charge is -2.31. The second-order valence-electron chi connectivity index (χ2n) is 7.06. The van der Waals surface area contributed by atoms with Gasteiger partial charge in [-0.15, -0.1) is 12.4 Å². The summed E-state index contributed by atoms with van der Waals surface area (Å²) in [6.07, 6.45) is 0. The molecule has 1 fully saturated rings. The van der Waals surface area contributed by atoms with Crippen molar-refractivity contribution < 1.29 is 9.53 Å². The highest BCUT2D eigenvalue weighted by Crippen LogP contribution is 2.24. The zero-order valence-corrected chi connectivity index (χ0v) is 16.8. The molecule has 6 nitrogen and oxygen atoms in total. The molecular weight excluding hydrogens is 376 g/mol. The van der Waals surface area contributed by atoms with Crippen LogP contribution in [0.25, 0.3) is 11.0 Å². The van der Waals surface area contributed by atoms with Gasteiger partial charge in [0.05, 0.1) is 24.7 Å². The van der Waals surface area contributed by atoms with Crippen molar-refractivity contribution in [2.45, 2.75) is 13.5 Å². The standard InChI is InChI=1S/C21H24N4O2.ClH/c1-14(16-11-22-12-16)20(26)24-21-23-18-8-3-4-9-19(18)25(21)13-15-6-5-7-17(10-15)27-2;/h3-10,14,16,22H,11-13H2,1-2H3,(H,23,24,26);1H. The van der Waals surface area contributed by atoms with Crippen LogP contribution < -0.4 is 15.4 Å². The predicted octanol–water partition coefficient (Wildman–Crippen LogP) is 3.31. The Hall–Kier alpha value is -2.57. The van der Waals surface area contributed by atoms with Crippen LogP contribution in [0.4, 0.5) is 5.95 Å². The zero-order valence-electron chi connectivity index (χ0n) is 16.0. The molecule has 1 saturated heterocycles. The van der Waals surface area contributed by atoms with Gasteiger partial charge in [-0.25, -0.2) is 4.98 Å². The Balaban J connectivity index is 0.00000225. The topological polar surface area (TPSA) is 68.2 Å². The molecule has 1 aliphatic rings. The smallest absolute Gasteiger partial charge is 0.229 e. The zero-order chi connectivity index (χ0) is 18.8. The summed E-state index contributed by atoms with van der Waals surface area (Å²) in [4.78, 5) is 17.4. The van der Waals surface area contributed by atoms with Crippen LogP contribution in [-0.2, 0) is 11.3 Å². The summed E-state index contributed by atoms with van der Waals surface area (Å²) in [5.74, 6) is 1.76. The van der Waals surface area contributed by atoms with E-state index in [4.69, 9.17) is 4.74 Å². The quantitative estimate of drug-likeness (QED) is 0.666. The number of hydrogen-bond acceptors (Lipinski definition) is 4. The Morgan fingerprint density at radius 1 is 1.29 bits per heavy atom. The molecule has 2 aromatic carbocycles. The number of benzene rings is 2. The molecule has 1 aliphatic heterocycles. The average molecular weight is 401 g/mol. The number of imidazole rings is 1. The van der Waals surface area contributed by atoms with Crippen LogP contribution in [0.3, 0.4) is 0 Å². The summed E-state index contributed by atoms with van der Waals surface area (Å²) in [5.41, 5.74) is 2.95. The summed E-state index contributed by atoms with van der Waals surface area (Å²) < 4.78 is 7.38. The molecule has 0 bridgehead atoms. The number of halogens is 1. The van der Waals surface area contributed by atoms with Gasteiger partial charge in [0.1, 0.15) is 5.75 Å². The van der Waals surface area contributed by atoms with Crippen LogP contribution in [0.1, 0.15) is 12.5 Å². The Labute approximate surface area is 170 Å². The number of amides is 1. The number of hydrogen-bond donors (Lipinski definition) is 2. The minimum Gasteiger partial charge on any atom is -0.497 e. The number of carbonyl (C=O) groups is 1. The molecule has 1 amide bonds. The number of anilines is 1. The fraction of sp³-hybridized carbons (Fsp3) is 0.333. The third kappa shape index (κ3) is 3.98. The number of aromatic nitrogens is 2. The van der Waals surface area contributed by atoms with Crippen LogP contribution >= 0.6 is 12.4 Å². The lowest BCUT2D eigenvalue weighted by atomic mass is 9.88. The number of para-hydroxylation sites is 2.